The van der Waals surface area contributed by atoms with Crippen LogP contribution in [0.25, 0.3) is 0 Å². The first-order valence-electron chi connectivity index (χ1n) is 5.94. The molecule has 15 heavy (non-hydrogen) atoms. The molecule has 0 aliphatic rings. The molecule has 0 aromatic heterocycles. The zero-order chi connectivity index (χ0) is 11.7. The van der Waals surface area contributed by atoms with Crippen LogP contribution in [0.4, 0.5) is 0 Å². The molecule has 0 aromatic rings. The van der Waals surface area contributed by atoms with Crippen molar-refractivity contribution in [3.8, 4) is 0 Å². The molecule has 0 saturated carbocycles. The Hall–Kier alpha value is -0.790. The highest BCUT2D eigenvalue weighted by atomic mass is 16.5. The van der Waals surface area contributed by atoms with Gasteiger partial charge in [-0.1, -0.05) is 39.7 Å². The van der Waals surface area contributed by atoms with E-state index in [-0.39, 0.29) is 5.97 Å². The van der Waals surface area contributed by atoms with Crippen LogP contribution in [0.2, 0.25) is 0 Å². The average molecular weight is 212 g/mol. The summed E-state index contributed by atoms with van der Waals surface area (Å²) in [5.41, 5.74) is 0.481. The molecule has 0 aromatic carbocycles. The number of unbranched alkanes of at least 4 members (excludes halogenated alkanes) is 1. The summed E-state index contributed by atoms with van der Waals surface area (Å²) in [4.78, 5) is 11.0. The Morgan fingerprint density at radius 2 is 1.87 bits per heavy atom. The molecule has 0 radical (unpaired) electrons. The van der Waals surface area contributed by atoms with E-state index in [0.29, 0.717) is 12.2 Å². The minimum atomic E-state index is -0.266. The number of rotatable bonds is 8. The van der Waals surface area contributed by atoms with Crippen LogP contribution in [-0.2, 0) is 9.53 Å². The van der Waals surface area contributed by atoms with Gasteiger partial charge in [-0.05, 0) is 25.7 Å². The Morgan fingerprint density at radius 3 is 2.33 bits per heavy atom. The van der Waals surface area contributed by atoms with Gasteiger partial charge in [0.2, 0.25) is 0 Å². The van der Waals surface area contributed by atoms with Gasteiger partial charge in [0.25, 0.3) is 0 Å². The Kier molecular flexibility index (Phi) is 8.06. The van der Waals surface area contributed by atoms with Gasteiger partial charge >= 0.3 is 5.97 Å². The highest BCUT2D eigenvalue weighted by Crippen LogP contribution is 2.15. The van der Waals surface area contributed by atoms with Crippen molar-refractivity contribution in [2.45, 2.75) is 52.9 Å². The molecule has 0 amide bonds. The van der Waals surface area contributed by atoms with E-state index >= 15 is 0 Å². The fourth-order valence-corrected chi connectivity index (χ4v) is 1.52. The third kappa shape index (κ3) is 7.18. The van der Waals surface area contributed by atoms with E-state index in [4.69, 9.17) is 4.74 Å². The highest BCUT2D eigenvalue weighted by molar-refractivity contribution is 5.86. The maximum absolute atomic E-state index is 11.0. The predicted molar refractivity (Wildman–Crippen MR) is 63.7 cm³/mol. The molecule has 0 aliphatic carbocycles. The number of esters is 1. The molecule has 0 spiro atoms. The normalized spacial score (nSPS) is 10.4. The van der Waals surface area contributed by atoms with Crippen molar-refractivity contribution in [2.24, 2.45) is 5.92 Å². The van der Waals surface area contributed by atoms with Gasteiger partial charge in [0.15, 0.2) is 0 Å². The Bertz CT molecular complexity index is 193. The summed E-state index contributed by atoms with van der Waals surface area (Å²) < 4.78 is 5.01. The summed E-state index contributed by atoms with van der Waals surface area (Å²) in [5.74, 6) is 0.569. The summed E-state index contributed by atoms with van der Waals surface area (Å²) in [6.45, 7) is 10.2. The minimum Gasteiger partial charge on any atom is -0.462 e. The molecule has 0 fully saturated rings. The number of ether oxygens (including phenoxy) is 1. The fourth-order valence-electron chi connectivity index (χ4n) is 1.52. The van der Waals surface area contributed by atoms with Crippen molar-refractivity contribution in [2.75, 3.05) is 6.61 Å². The molecule has 0 unspecified atom stereocenters. The van der Waals surface area contributed by atoms with Crippen LogP contribution in [0.1, 0.15) is 52.9 Å². The van der Waals surface area contributed by atoms with E-state index in [1.165, 1.54) is 19.3 Å². The molecule has 0 N–H and O–H groups in total. The van der Waals surface area contributed by atoms with Crippen molar-refractivity contribution in [1.29, 1.82) is 0 Å². The largest absolute Gasteiger partial charge is 0.462 e. The molecular weight excluding hydrogens is 188 g/mol. The van der Waals surface area contributed by atoms with Gasteiger partial charge in [-0.2, -0.15) is 0 Å². The van der Waals surface area contributed by atoms with Crippen molar-refractivity contribution >= 4 is 5.97 Å². The third-order valence-electron chi connectivity index (χ3n) is 2.74. The van der Waals surface area contributed by atoms with Gasteiger partial charge in [0.1, 0.15) is 0 Å². The quantitative estimate of drug-likeness (QED) is 0.348. The lowest BCUT2D eigenvalue weighted by Gasteiger charge is -2.11. The second-order valence-corrected chi connectivity index (χ2v) is 4.09. The lowest BCUT2D eigenvalue weighted by Crippen LogP contribution is -2.06. The van der Waals surface area contributed by atoms with E-state index < -0.39 is 0 Å². The van der Waals surface area contributed by atoms with E-state index in [1.54, 1.807) is 6.92 Å². The van der Waals surface area contributed by atoms with Crippen LogP contribution in [0.3, 0.4) is 0 Å². The second kappa shape index (κ2) is 8.51. The van der Waals surface area contributed by atoms with Crippen LogP contribution >= 0.6 is 0 Å². The van der Waals surface area contributed by atoms with Crippen LogP contribution in [-0.4, -0.2) is 12.6 Å². The van der Waals surface area contributed by atoms with Crippen LogP contribution in [0.15, 0.2) is 12.2 Å². The summed E-state index contributed by atoms with van der Waals surface area (Å²) in [6.07, 6.45) is 5.87. The molecule has 0 rings (SSSR count). The van der Waals surface area contributed by atoms with Gasteiger partial charge in [0.05, 0.1) is 6.61 Å². The zero-order valence-electron chi connectivity index (χ0n) is 10.3. The van der Waals surface area contributed by atoms with E-state index in [2.05, 4.69) is 20.4 Å². The van der Waals surface area contributed by atoms with Crippen LogP contribution < -0.4 is 0 Å². The zero-order valence-corrected chi connectivity index (χ0v) is 10.3. The molecule has 88 valence electrons. The molecule has 0 saturated heterocycles. The lowest BCUT2D eigenvalue weighted by atomic mass is 9.97. The van der Waals surface area contributed by atoms with Crippen molar-refractivity contribution in [1.82, 2.24) is 0 Å². The van der Waals surface area contributed by atoms with Gasteiger partial charge < -0.3 is 4.74 Å². The Labute approximate surface area is 93.7 Å². The molecule has 0 atom stereocenters. The van der Waals surface area contributed by atoms with Gasteiger partial charge in [-0.25, -0.2) is 4.79 Å². The SMILES string of the molecule is C=C(C)C(=O)OCCCCC(CC)CC. The third-order valence-corrected chi connectivity index (χ3v) is 2.74. The first kappa shape index (κ1) is 14.2. The second-order valence-electron chi connectivity index (χ2n) is 4.09. The van der Waals surface area contributed by atoms with E-state index in [1.807, 2.05) is 0 Å². The summed E-state index contributed by atoms with van der Waals surface area (Å²) >= 11 is 0. The van der Waals surface area contributed by atoms with Crippen molar-refractivity contribution in [3.05, 3.63) is 12.2 Å². The maximum atomic E-state index is 11.0. The maximum Gasteiger partial charge on any atom is 0.333 e. The first-order chi connectivity index (χ1) is 7.11. The predicted octanol–water partition coefficient (Wildman–Crippen LogP) is 3.71. The monoisotopic (exact) mass is 212 g/mol. The minimum absolute atomic E-state index is 0.266. The number of hydrogen-bond acceptors (Lipinski definition) is 2. The highest BCUT2D eigenvalue weighted by Gasteiger charge is 2.04. The van der Waals surface area contributed by atoms with Crippen molar-refractivity contribution in [3.63, 3.8) is 0 Å². The smallest absolute Gasteiger partial charge is 0.333 e. The first-order valence-corrected chi connectivity index (χ1v) is 5.94. The van der Waals surface area contributed by atoms with Crippen molar-refractivity contribution < 1.29 is 9.53 Å². The van der Waals surface area contributed by atoms with Crippen LogP contribution in [0.5, 0.6) is 0 Å². The molecule has 0 bridgehead atoms. The summed E-state index contributed by atoms with van der Waals surface area (Å²) in [5, 5.41) is 0. The fraction of sp³-hybridized carbons (Fsp3) is 0.769. The number of hydrogen-bond donors (Lipinski definition) is 0. The molecule has 0 aliphatic heterocycles. The van der Waals surface area contributed by atoms with Gasteiger partial charge in [-0.15, -0.1) is 0 Å². The van der Waals surface area contributed by atoms with E-state index in [0.717, 1.165) is 18.8 Å². The topological polar surface area (TPSA) is 26.3 Å². The van der Waals surface area contributed by atoms with Gasteiger partial charge in [-0.3, -0.25) is 0 Å². The molecule has 2 nitrogen and oxygen atoms in total. The van der Waals surface area contributed by atoms with E-state index in [9.17, 15) is 4.79 Å². The summed E-state index contributed by atoms with van der Waals surface area (Å²) in [7, 11) is 0. The Balaban J connectivity index is 3.39. The van der Waals surface area contributed by atoms with Gasteiger partial charge in [0, 0.05) is 5.57 Å². The lowest BCUT2D eigenvalue weighted by molar-refractivity contribution is -0.139. The molecular formula is C13H24O2. The average Bonchev–Trinajstić information content (AvgIpc) is 2.23. The standard InChI is InChI=1S/C13H24O2/c1-5-12(6-2)9-7-8-10-15-13(14)11(3)4/h12H,3,5-10H2,1-2,4H3. The number of carbonyl (C=O) groups excluding carboxylic acids is 1. The Morgan fingerprint density at radius 1 is 1.27 bits per heavy atom. The molecule has 2 heteroatoms. The number of carbonyl (C=O) groups is 1. The molecule has 0 heterocycles. The van der Waals surface area contributed by atoms with Crippen LogP contribution in [0, 0.1) is 5.92 Å². The summed E-state index contributed by atoms with van der Waals surface area (Å²) in [6, 6.07) is 0.